The van der Waals surface area contributed by atoms with Gasteiger partial charge in [-0.2, -0.15) is 0 Å². The summed E-state index contributed by atoms with van der Waals surface area (Å²) in [5.74, 6) is -1.22. The van der Waals surface area contributed by atoms with Gasteiger partial charge in [-0.15, -0.1) is 0 Å². The van der Waals surface area contributed by atoms with E-state index in [9.17, 15) is 14.3 Å². The molecule has 1 aliphatic heterocycles. The van der Waals surface area contributed by atoms with Gasteiger partial charge in [-0.05, 0) is 91.9 Å². The number of carboxylic acids is 1. The summed E-state index contributed by atoms with van der Waals surface area (Å²) in [6, 6.07) is 9.78. The van der Waals surface area contributed by atoms with Crippen LogP contribution < -0.4 is 0 Å². The van der Waals surface area contributed by atoms with Crippen molar-refractivity contribution in [2.24, 2.45) is 0 Å². The molecule has 0 aliphatic carbocycles. The number of hydrogen-bond donors (Lipinski definition) is 2. The van der Waals surface area contributed by atoms with Gasteiger partial charge in [0.15, 0.2) is 0 Å². The summed E-state index contributed by atoms with van der Waals surface area (Å²) >= 11 is 6.28. The van der Waals surface area contributed by atoms with Gasteiger partial charge in [0, 0.05) is 24.0 Å². The maximum atomic E-state index is 14.4. The van der Waals surface area contributed by atoms with E-state index in [0.29, 0.717) is 36.6 Å². The van der Waals surface area contributed by atoms with Crippen molar-refractivity contribution >= 4 is 17.6 Å². The molecule has 1 aliphatic rings. The Morgan fingerprint density at radius 2 is 2.03 bits per heavy atom. The quantitative estimate of drug-likeness (QED) is 0.344. The normalized spacial score (nSPS) is 17.9. The Morgan fingerprint density at radius 1 is 1.25 bits per heavy atom. The topological polar surface area (TPSA) is 70.0 Å². The molecule has 0 bridgehead atoms. The minimum absolute atomic E-state index is 0.0269. The number of aryl methyl sites for hydroxylation is 3. The lowest BCUT2D eigenvalue weighted by Gasteiger charge is -2.28. The van der Waals surface area contributed by atoms with Gasteiger partial charge in [-0.1, -0.05) is 43.6 Å². The summed E-state index contributed by atoms with van der Waals surface area (Å²) < 4.78 is 20.5. The second-order valence-corrected chi connectivity index (χ2v) is 10.3. The number of carboxylic acid groups (broad SMARTS) is 1. The number of halogens is 2. The molecule has 0 spiro atoms. The van der Waals surface area contributed by atoms with E-state index in [-0.39, 0.29) is 18.8 Å². The largest absolute Gasteiger partial charge is 0.481 e. The first-order chi connectivity index (χ1) is 17.2. The molecule has 5 nitrogen and oxygen atoms in total. The van der Waals surface area contributed by atoms with Crippen LogP contribution in [0.2, 0.25) is 5.02 Å². The number of rotatable bonds is 13. The number of nitrogens with zero attached hydrogens (tertiary/aromatic N) is 1. The summed E-state index contributed by atoms with van der Waals surface area (Å²) in [5.41, 5.74) is 4.36. The highest BCUT2D eigenvalue weighted by Gasteiger charge is 2.27. The number of aliphatic hydroxyl groups is 1. The first-order valence-corrected chi connectivity index (χ1v) is 13.4. The molecule has 2 aromatic carbocycles. The van der Waals surface area contributed by atoms with E-state index in [1.807, 2.05) is 13.0 Å². The van der Waals surface area contributed by atoms with Crippen LogP contribution in [0.4, 0.5) is 4.39 Å². The van der Waals surface area contributed by atoms with Crippen LogP contribution in [0.3, 0.4) is 0 Å². The summed E-state index contributed by atoms with van der Waals surface area (Å²) in [7, 11) is 0. The summed E-state index contributed by atoms with van der Waals surface area (Å²) in [6.07, 6.45) is 3.81. The lowest BCUT2D eigenvalue weighted by Crippen LogP contribution is -2.39. The fourth-order valence-corrected chi connectivity index (χ4v) is 5.41. The molecule has 36 heavy (non-hydrogen) atoms. The van der Waals surface area contributed by atoms with Gasteiger partial charge in [0.05, 0.1) is 18.8 Å². The minimum Gasteiger partial charge on any atom is -0.481 e. The van der Waals surface area contributed by atoms with E-state index in [1.54, 1.807) is 13.0 Å². The van der Waals surface area contributed by atoms with Crippen LogP contribution in [0, 0.1) is 12.7 Å². The second kappa shape index (κ2) is 13.5. The number of ether oxygens (including phenoxy) is 1. The Hall–Kier alpha value is -1.99. The standard InChI is InChI=1S/C29H39ClFNO4/c1-4-21-14-20(8-10-26(21)30)15-23-7-6-12-32(23)17-24(33)18-36-28(5-2)25-16-27(31)19(3)13-22(25)9-11-29(34)35/h8,10,13-14,16,23-24,28,33H,4-7,9,11-12,15,17-18H2,1-3H3,(H,34,35)/t23?,24-,28-/m1/s1. The average molecular weight is 520 g/mol. The van der Waals surface area contributed by atoms with E-state index < -0.39 is 18.2 Å². The van der Waals surface area contributed by atoms with Crippen LogP contribution in [-0.2, 0) is 28.8 Å². The Labute approximate surface area is 219 Å². The molecule has 1 fully saturated rings. The van der Waals surface area contributed by atoms with Crippen molar-refractivity contribution in [3.05, 3.63) is 69.0 Å². The fourth-order valence-electron chi connectivity index (χ4n) is 5.16. The lowest BCUT2D eigenvalue weighted by molar-refractivity contribution is -0.136. The average Bonchev–Trinajstić information content (AvgIpc) is 3.27. The highest BCUT2D eigenvalue weighted by molar-refractivity contribution is 6.31. The highest BCUT2D eigenvalue weighted by atomic mass is 35.5. The minimum atomic E-state index is -0.892. The fraction of sp³-hybridized carbons (Fsp3) is 0.552. The van der Waals surface area contributed by atoms with Crippen LogP contribution >= 0.6 is 11.6 Å². The van der Waals surface area contributed by atoms with Gasteiger partial charge in [0.2, 0.25) is 0 Å². The van der Waals surface area contributed by atoms with Crippen LogP contribution in [0.1, 0.15) is 73.5 Å². The number of β-amino-alcohol motifs (C(OH)–C–C–N with tert-alkyl or cyclic N) is 1. The molecule has 1 heterocycles. The third-order valence-electron chi connectivity index (χ3n) is 7.14. The smallest absolute Gasteiger partial charge is 0.303 e. The van der Waals surface area contributed by atoms with Crippen molar-refractivity contribution in [3.63, 3.8) is 0 Å². The zero-order chi connectivity index (χ0) is 26.2. The van der Waals surface area contributed by atoms with E-state index >= 15 is 0 Å². The van der Waals surface area contributed by atoms with Crippen molar-refractivity contribution in [2.75, 3.05) is 19.7 Å². The lowest BCUT2D eigenvalue weighted by atomic mass is 9.95. The van der Waals surface area contributed by atoms with Crippen molar-refractivity contribution in [3.8, 4) is 0 Å². The Morgan fingerprint density at radius 3 is 2.72 bits per heavy atom. The Kier molecular flexibility index (Phi) is 10.7. The predicted octanol–water partition coefficient (Wildman–Crippen LogP) is 5.90. The number of carbonyl (C=O) groups is 1. The first kappa shape index (κ1) is 28.6. The number of benzene rings is 2. The van der Waals surface area contributed by atoms with Gasteiger partial charge >= 0.3 is 5.97 Å². The number of hydrogen-bond acceptors (Lipinski definition) is 4. The van der Waals surface area contributed by atoms with Crippen LogP contribution in [0.15, 0.2) is 30.3 Å². The Balaban J connectivity index is 1.61. The van der Waals surface area contributed by atoms with Crippen molar-refractivity contribution in [2.45, 2.75) is 84.0 Å². The molecule has 1 saturated heterocycles. The molecule has 3 atom stereocenters. The van der Waals surface area contributed by atoms with Crippen LogP contribution in [0.5, 0.6) is 0 Å². The van der Waals surface area contributed by atoms with Gasteiger partial charge in [-0.25, -0.2) is 4.39 Å². The monoisotopic (exact) mass is 519 g/mol. The molecule has 0 saturated carbocycles. The van der Waals surface area contributed by atoms with E-state index in [0.717, 1.165) is 48.4 Å². The molecule has 0 radical (unpaired) electrons. The maximum Gasteiger partial charge on any atom is 0.303 e. The summed E-state index contributed by atoms with van der Waals surface area (Å²) in [4.78, 5) is 13.4. The van der Waals surface area contributed by atoms with Gasteiger partial charge in [-0.3, -0.25) is 9.69 Å². The third kappa shape index (κ3) is 7.75. The SMILES string of the molecule is CCc1cc(CC2CCCN2C[C@@H](O)CO[C@H](CC)c2cc(F)c(C)cc2CCC(=O)O)ccc1Cl. The van der Waals surface area contributed by atoms with Crippen LogP contribution in [0.25, 0.3) is 0 Å². The van der Waals surface area contributed by atoms with Gasteiger partial charge < -0.3 is 14.9 Å². The van der Waals surface area contributed by atoms with Crippen molar-refractivity contribution in [1.82, 2.24) is 4.90 Å². The zero-order valence-corrected chi connectivity index (χ0v) is 22.4. The summed E-state index contributed by atoms with van der Waals surface area (Å²) in [5, 5.41) is 20.7. The molecule has 0 amide bonds. The third-order valence-corrected chi connectivity index (χ3v) is 7.51. The number of likely N-dealkylation sites (tertiary alicyclic amines) is 1. The van der Waals surface area contributed by atoms with Crippen LogP contribution in [-0.4, -0.2) is 52.9 Å². The van der Waals surface area contributed by atoms with E-state index in [4.69, 9.17) is 21.4 Å². The molecular formula is C29H39ClFNO4. The van der Waals surface area contributed by atoms with Crippen molar-refractivity contribution < 1.29 is 24.1 Å². The predicted molar refractivity (Wildman–Crippen MR) is 141 cm³/mol. The second-order valence-electron chi connectivity index (χ2n) is 9.85. The molecule has 2 N–H and O–H groups in total. The highest BCUT2D eigenvalue weighted by Crippen LogP contribution is 2.29. The molecule has 1 unspecified atom stereocenters. The molecule has 7 heteroatoms. The Bertz CT molecular complexity index is 1030. The van der Waals surface area contributed by atoms with Crippen molar-refractivity contribution in [1.29, 1.82) is 0 Å². The molecule has 3 rings (SSSR count). The number of aliphatic carboxylic acids is 1. The zero-order valence-electron chi connectivity index (χ0n) is 21.6. The number of aliphatic hydroxyl groups excluding tert-OH is 1. The van der Waals surface area contributed by atoms with E-state index in [1.165, 1.54) is 11.6 Å². The maximum absolute atomic E-state index is 14.4. The first-order valence-electron chi connectivity index (χ1n) is 13.0. The van der Waals surface area contributed by atoms with Gasteiger partial charge in [0.1, 0.15) is 5.82 Å². The molecular weight excluding hydrogens is 481 g/mol. The van der Waals surface area contributed by atoms with E-state index in [2.05, 4.69) is 24.0 Å². The van der Waals surface area contributed by atoms with Gasteiger partial charge in [0.25, 0.3) is 0 Å². The molecule has 198 valence electrons. The summed E-state index contributed by atoms with van der Waals surface area (Å²) in [6.45, 7) is 7.32. The molecule has 0 aromatic heterocycles. The molecule has 2 aromatic rings.